The fourth-order valence-electron chi connectivity index (χ4n) is 1.29. The monoisotopic (exact) mass is 190 g/mol. The molecule has 0 amide bonds. The van der Waals surface area contributed by atoms with E-state index in [1.165, 1.54) is 11.5 Å². The Hall–Kier alpha value is -1.06. The van der Waals surface area contributed by atoms with Crippen LogP contribution in [0.15, 0.2) is 42.4 Å². The third-order valence-corrected chi connectivity index (χ3v) is 1.99. The predicted molar refractivity (Wildman–Crippen MR) is 58.7 cm³/mol. The van der Waals surface area contributed by atoms with Crippen LogP contribution in [0.4, 0.5) is 0 Å². The van der Waals surface area contributed by atoms with Gasteiger partial charge in [-0.15, -0.1) is 0 Å². The van der Waals surface area contributed by atoms with Crippen LogP contribution in [0.5, 0.6) is 0 Å². The quantitative estimate of drug-likeness (QED) is 0.546. The summed E-state index contributed by atoms with van der Waals surface area (Å²) in [5.41, 5.74) is 1.32. The maximum absolute atomic E-state index is 8.54. The fraction of sp³-hybridized carbons (Fsp3) is 0.273. The number of hydrogen-bond acceptors (Lipinski definition) is 2. The molecule has 0 aliphatic rings. The van der Waals surface area contributed by atoms with Gasteiger partial charge < -0.3 is 10.0 Å². The van der Waals surface area contributed by atoms with E-state index in [-0.39, 0.29) is 0 Å². The Morgan fingerprint density at radius 2 is 1.86 bits per heavy atom. The highest BCUT2D eigenvalue weighted by molar-refractivity contribution is 6.47. The van der Waals surface area contributed by atoms with Crippen molar-refractivity contribution in [2.75, 3.05) is 0 Å². The summed E-state index contributed by atoms with van der Waals surface area (Å²) in [5, 5.41) is 17.1. The van der Waals surface area contributed by atoms with Gasteiger partial charge in [0.25, 0.3) is 0 Å². The molecule has 0 atom stereocenters. The largest absolute Gasteiger partial charge is 0.480 e. The summed E-state index contributed by atoms with van der Waals surface area (Å²) in [6.45, 7) is 0. The molecule has 0 spiro atoms. The van der Waals surface area contributed by atoms with Gasteiger partial charge in [0.05, 0.1) is 0 Å². The highest BCUT2D eigenvalue weighted by atomic mass is 16.4. The molecule has 0 aromatic heterocycles. The smallest absolute Gasteiger partial charge is 0.424 e. The van der Waals surface area contributed by atoms with Gasteiger partial charge in [0.1, 0.15) is 0 Å². The van der Waals surface area contributed by atoms with Crippen molar-refractivity contribution >= 4 is 7.12 Å². The SMILES string of the molecule is OB(O)/C=C/CCCc1ccccc1. The van der Waals surface area contributed by atoms with Crippen molar-refractivity contribution in [3.8, 4) is 0 Å². The van der Waals surface area contributed by atoms with Crippen LogP contribution in [0.3, 0.4) is 0 Å². The summed E-state index contributed by atoms with van der Waals surface area (Å²) >= 11 is 0. The van der Waals surface area contributed by atoms with Crippen LogP contribution in [-0.4, -0.2) is 17.2 Å². The lowest BCUT2D eigenvalue weighted by Crippen LogP contribution is -2.05. The Morgan fingerprint density at radius 3 is 2.50 bits per heavy atom. The molecule has 0 saturated heterocycles. The summed E-state index contributed by atoms with van der Waals surface area (Å²) in [5.74, 6) is 1.39. The molecule has 2 nitrogen and oxygen atoms in total. The van der Waals surface area contributed by atoms with Gasteiger partial charge in [-0.3, -0.25) is 0 Å². The number of unbranched alkanes of at least 4 members (excludes halogenated alkanes) is 1. The van der Waals surface area contributed by atoms with Gasteiger partial charge in [-0.25, -0.2) is 0 Å². The third kappa shape index (κ3) is 4.85. The molecule has 1 aromatic rings. The second-order valence-electron chi connectivity index (χ2n) is 3.22. The van der Waals surface area contributed by atoms with Crippen LogP contribution >= 0.6 is 0 Å². The minimum atomic E-state index is -1.31. The highest BCUT2D eigenvalue weighted by Crippen LogP contribution is 2.04. The van der Waals surface area contributed by atoms with Crippen LogP contribution in [0.2, 0.25) is 0 Å². The molecule has 1 rings (SSSR count). The van der Waals surface area contributed by atoms with Crippen molar-refractivity contribution < 1.29 is 10.0 Å². The summed E-state index contributed by atoms with van der Waals surface area (Å²) in [7, 11) is -1.31. The molecule has 0 bridgehead atoms. The van der Waals surface area contributed by atoms with Crippen molar-refractivity contribution in [3.05, 3.63) is 47.9 Å². The molecule has 0 aliphatic heterocycles. The van der Waals surface area contributed by atoms with Crippen molar-refractivity contribution in [3.63, 3.8) is 0 Å². The molecular formula is C11H15BO2. The molecule has 0 fully saturated rings. The molecule has 0 heterocycles. The Bertz CT molecular complexity index is 270. The van der Waals surface area contributed by atoms with E-state index in [0.29, 0.717) is 0 Å². The van der Waals surface area contributed by atoms with E-state index in [0.717, 1.165) is 19.3 Å². The van der Waals surface area contributed by atoms with Crippen LogP contribution in [-0.2, 0) is 6.42 Å². The van der Waals surface area contributed by atoms with E-state index >= 15 is 0 Å². The highest BCUT2D eigenvalue weighted by Gasteiger charge is 1.96. The maximum Gasteiger partial charge on any atom is 0.480 e. The first kappa shape index (κ1) is 11.0. The molecule has 14 heavy (non-hydrogen) atoms. The molecule has 0 unspecified atom stereocenters. The molecule has 1 aromatic carbocycles. The Kier molecular flexibility index (Phi) is 5.04. The van der Waals surface area contributed by atoms with E-state index in [1.807, 2.05) is 18.2 Å². The zero-order chi connectivity index (χ0) is 10.2. The van der Waals surface area contributed by atoms with Gasteiger partial charge in [0, 0.05) is 0 Å². The average Bonchev–Trinajstić information content (AvgIpc) is 2.18. The van der Waals surface area contributed by atoms with Gasteiger partial charge in [-0.05, 0) is 24.8 Å². The number of aryl methyl sites for hydroxylation is 1. The second-order valence-corrected chi connectivity index (χ2v) is 3.22. The predicted octanol–water partition coefficient (Wildman–Crippen LogP) is 1.58. The fourth-order valence-corrected chi connectivity index (χ4v) is 1.29. The Morgan fingerprint density at radius 1 is 1.14 bits per heavy atom. The summed E-state index contributed by atoms with van der Waals surface area (Å²) in [4.78, 5) is 0. The molecular weight excluding hydrogens is 175 g/mol. The van der Waals surface area contributed by atoms with Crippen molar-refractivity contribution in [1.82, 2.24) is 0 Å². The number of rotatable bonds is 5. The van der Waals surface area contributed by atoms with Crippen LogP contribution < -0.4 is 0 Å². The van der Waals surface area contributed by atoms with E-state index in [9.17, 15) is 0 Å². The van der Waals surface area contributed by atoms with Crippen LogP contribution in [0, 0.1) is 0 Å². The van der Waals surface area contributed by atoms with E-state index < -0.39 is 7.12 Å². The third-order valence-electron chi connectivity index (χ3n) is 1.99. The molecule has 2 N–H and O–H groups in total. The first-order valence-corrected chi connectivity index (χ1v) is 4.86. The lowest BCUT2D eigenvalue weighted by atomic mass is 9.91. The first-order valence-electron chi connectivity index (χ1n) is 4.86. The van der Waals surface area contributed by atoms with Crippen molar-refractivity contribution in [2.45, 2.75) is 19.3 Å². The Labute approximate surface area is 85.0 Å². The average molecular weight is 190 g/mol. The summed E-state index contributed by atoms with van der Waals surface area (Å²) in [6.07, 6.45) is 4.75. The van der Waals surface area contributed by atoms with Gasteiger partial charge in [0.15, 0.2) is 0 Å². The van der Waals surface area contributed by atoms with Gasteiger partial charge in [-0.2, -0.15) is 0 Å². The standard InChI is InChI=1S/C11H15BO2/c13-12(14)10-6-2-5-9-11-7-3-1-4-8-11/h1,3-4,6-8,10,13-14H,2,5,9H2/b10-6+. The molecule has 3 heteroatoms. The topological polar surface area (TPSA) is 40.5 Å². The zero-order valence-electron chi connectivity index (χ0n) is 8.13. The van der Waals surface area contributed by atoms with Crippen molar-refractivity contribution in [2.24, 2.45) is 0 Å². The van der Waals surface area contributed by atoms with E-state index in [1.54, 1.807) is 6.08 Å². The maximum atomic E-state index is 8.54. The van der Waals surface area contributed by atoms with Crippen LogP contribution in [0.25, 0.3) is 0 Å². The normalized spacial score (nSPS) is 10.7. The zero-order valence-corrected chi connectivity index (χ0v) is 8.13. The lowest BCUT2D eigenvalue weighted by molar-refractivity contribution is 0.424. The molecule has 0 saturated carbocycles. The molecule has 0 aliphatic carbocycles. The number of benzene rings is 1. The molecule has 0 radical (unpaired) electrons. The van der Waals surface area contributed by atoms with Gasteiger partial charge >= 0.3 is 7.12 Å². The van der Waals surface area contributed by atoms with Gasteiger partial charge in [-0.1, -0.05) is 42.4 Å². The molecule has 74 valence electrons. The summed E-state index contributed by atoms with van der Waals surface area (Å²) < 4.78 is 0. The lowest BCUT2D eigenvalue weighted by Gasteiger charge is -1.97. The minimum Gasteiger partial charge on any atom is -0.424 e. The first-order chi connectivity index (χ1) is 6.79. The summed E-state index contributed by atoms with van der Waals surface area (Å²) in [6, 6.07) is 10.3. The minimum absolute atomic E-state index is 0.881. The Balaban J connectivity index is 2.16. The van der Waals surface area contributed by atoms with E-state index in [4.69, 9.17) is 10.0 Å². The van der Waals surface area contributed by atoms with E-state index in [2.05, 4.69) is 12.1 Å². The van der Waals surface area contributed by atoms with Crippen LogP contribution in [0.1, 0.15) is 18.4 Å². The number of allylic oxidation sites excluding steroid dienone is 1. The van der Waals surface area contributed by atoms with Crippen molar-refractivity contribution in [1.29, 1.82) is 0 Å². The number of hydrogen-bond donors (Lipinski definition) is 2. The second kappa shape index (κ2) is 6.41. The van der Waals surface area contributed by atoms with Gasteiger partial charge in [0.2, 0.25) is 0 Å².